The molecule has 23 heavy (non-hydrogen) atoms. The van der Waals surface area contributed by atoms with Crippen molar-refractivity contribution in [1.29, 1.82) is 0 Å². The van der Waals surface area contributed by atoms with E-state index in [2.05, 4.69) is 36.9 Å². The Balaban J connectivity index is 1.80. The third-order valence-corrected chi connectivity index (χ3v) is 4.47. The molecule has 0 bridgehead atoms. The van der Waals surface area contributed by atoms with Gasteiger partial charge in [-0.15, -0.1) is 5.10 Å². The fourth-order valence-electron chi connectivity index (χ4n) is 2.72. The number of hydrogen-bond acceptors (Lipinski definition) is 4. The monoisotopic (exact) mass is 381 g/mol. The van der Waals surface area contributed by atoms with E-state index >= 15 is 0 Å². The van der Waals surface area contributed by atoms with E-state index in [1.165, 1.54) is 12.1 Å². The molecule has 8 heteroatoms. The van der Waals surface area contributed by atoms with Crippen LogP contribution in [-0.4, -0.2) is 34.0 Å². The predicted octanol–water partition coefficient (Wildman–Crippen LogP) is 2.66. The van der Waals surface area contributed by atoms with Gasteiger partial charge in [-0.25, -0.2) is 9.07 Å². The Morgan fingerprint density at radius 2 is 2.17 bits per heavy atom. The molecule has 2 aromatic rings. The summed E-state index contributed by atoms with van der Waals surface area (Å²) in [4.78, 5) is 12.4. The summed E-state index contributed by atoms with van der Waals surface area (Å²) in [5, 5.41) is 13.9. The third kappa shape index (κ3) is 3.42. The van der Waals surface area contributed by atoms with Crippen molar-refractivity contribution < 1.29 is 9.18 Å². The first-order chi connectivity index (χ1) is 11.1. The van der Waals surface area contributed by atoms with Gasteiger partial charge in [0, 0.05) is 4.47 Å². The third-order valence-electron chi connectivity index (χ3n) is 3.97. The Morgan fingerprint density at radius 3 is 2.91 bits per heavy atom. The van der Waals surface area contributed by atoms with Gasteiger partial charge in [-0.2, -0.15) is 0 Å². The first-order valence-corrected chi connectivity index (χ1v) is 8.24. The number of benzene rings is 1. The van der Waals surface area contributed by atoms with Crippen LogP contribution in [-0.2, 0) is 0 Å². The van der Waals surface area contributed by atoms with E-state index in [-0.39, 0.29) is 17.4 Å². The molecule has 0 spiro atoms. The van der Waals surface area contributed by atoms with Gasteiger partial charge in [0.1, 0.15) is 5.82 Å². The van der Waals surface area contributed by atoms with Gasteiger partial charge >= 0.3 is 0 Å². The number of amides is 1. The SMILES string of the molecule is Cc1c(C(=O)Nc2cc(Br)ccc2F)nnn1C1CCNCC1. The highest BCUT2D eigenvalue weighted by atomic mass is 79.9. The van der Waals surface area contributed by atoms with Gasteiger partial charge in [-0.3, -0.25) is 4.79 Å². The first-order valence-electron chi connectivity index (χ1n) is 7.45. The van der Waals surface area contributed by atoms with Gasteiger partial charge in [0.2, 0.25) is 0 Å². The summed E-state index contributed by atoms with van der Waals surface area (Å²) in [5.74, 6) is -0.954. The van der Waals surface area contributed by atoms with Crippen LogP contribution in [0, 0.1) is 12.7 Å². The highest BCUT2D eigenvalue weighted by Gasteiger charge is 2.23. The minimum absolute atomic E-state index is 0.111. The van der Waals surface area contributed by atoms with Gasteiger partial charge in [-0.05, 0) is 51.1 Å². The van der Waals surface area contributed by atoms with Gasteiger partial charge in [0.15, 0.2) is 5.69 Å². The van der Waals surface area contributed by atoms with Crippen molar-refractivity contribution in [2.24, 2.45) is 0 Å². The van der Waals surface area contributed by atoms with Crippen LogP contribution < -0.4 is 10.6 Å². The van der Waals surface area contributed by atoms with E-state index in [1.54, 1.807) is 10.7 Å². The minimum atomic E-state index is -0.495. The van der Waals surface area contributed by atoms with Crippen LogP contribution >= 0.6 is 15.9 Å². The highest BCUT2D eigenvalue weighted by molar-refractivity contribution is 9.10. The van der Waals surface area contributed by atoms with E-state index < -0.39 is 11.7 Å². The van der Waals surface area contributed by atoms with Crippen molar-refractivity contribution in [3.63, 3.8) is 0 Å². The van der Waals surface area contributed by atoms with Crippen molar-refractivity contribution in [1.82, 2.24) is 20.3 Å². The summed E-state index contributed by atoms with van der Waals surface area (Å²) in [7, 11) is 0. The molecule has 1 saturated heterocycles. The number of anilines is 1. The highest BCUT2D eigenvalue weighted by Crippen LogP contribution is 2.23. The minimum Gasteiger partial charge on any atom is -0.318 e. The van der Waals surface area contributed by atoms with Crippen LogP contribution in [0.2, 0.25) is 0 Å². The zero-order valence-electron chi connectivity index (χ0n) is 12.6. The molecule has 2 N–H and O–H groups in total. The summed E-state index contributed by atoms with van der Waals surface area (Å²) in [6, 6.07) is 4.62. The molecular formula is C15H17BrFN5O. The van der Waals surface area contributed by atoms with Crippen LogP contribution in [0.5, 0.6) is 0 Å². The Bertz CT molecular complexity index is 727. The van der Waals surface area contributed by atoms with Gasteiger partial charge in [0.05, 0.1) is 17.4 Å². The summed E-state index contributed by atoms with van der Waals surface area (Å²) in [5.41, 5.74) is 1.04. The molecule has 6 nitrogen and oxygen atoms in total. The van der Waals surface area contributed by atoms with Crippen molar-refractivity contribution >= 4 is 27.5 Å². The largest absolute Gasteiger partial charge is 0.318 e. The summed E-state index contributed by atoms with van der Waals surface area (Å²) < 4.78 is 16.2. The molecule has 0 atom stereocenters. The van der Waals surface area contributed by atoms with Crippen molar-refractivity contribution in [2.45, 2.75) is 25.8 Å². The Hall–Kier alpha value is -1.80. The molecule has 1 aromatic heterocycles. The molecule has 1 amide bonds. The van der Waals surface area contributed by atoms with E-state index in [9.17, 15) is 9.18 Å². The van der Waals surface area contributed by atoms with E-state index in [0.717, 1.165) is 25.9 Å². The standard InChI is InChI=1S/C15H17BrFN5O/c1-9-14(20-21-22(9)11-4-6-18-7-5-11)15(23)19-13-8-10(16)2-3-12(13)17/h2-3,8,11,18H,4-7H2,1H3,(H,19,23). The molecule has 1 aromatic carbocycles. The van der Waals surface area contributed by atoms with Crippen LogP contribution in [0.25, 0.3) is 0 Å². The second kappa shape index (κ2) is 6.76. The normalized spacial score (nSPS) is 15.6. The molecule has 0 aliphatic carbocycles. The molecule has 0 radical (unpaired) electrons. The molecule has 0 saturated carbocycles. The topological polar surface area (TPSA) is 71.8 Å². The lowest BCUT2D eigenvalue weighted by molar-refractivity contribution is 0.102. The average molecular weight is 382 g/mol. The number of nitrogens with zero attached hydrogens (tertiary/aromatic N) is 3. The number of hydrogen-bond donors (Lipinski definition) is 2. The van der Waals surface area contributed by atoms with Crippen LogP contribution in [0.1, 0.15) is 35.1 Å². The fourth-order valence-corrected chi connectivity index (χ4v) is 3.08. The van der Waals surface area contributed by atoms with Crippen molar-refractivity contribution in [3.05, 3.63) is 39.9 Å². The van der Waals surface area contributed by atoms with E-state index in [4.69, 9.17) is 0 Å². The maximum absolute atomic E-state index is 13.8. The van der Waals surface area contributed by atoms with Gasteiger partial charge in [-0.1, -0.05) is 21.1 Å². The lowest BCUT2D eigenvalue weighted by atomic mass is 10.1. The Morgan fingerprint density at radius 1 is 1.43 bits per heavy atom. The molecule has 1 aliphatic rings. The number of carbonyl (C=O) groups excluding carboxylic acids is 1. The zero-order valence-corrected chi connectivity index (χ0v) is 14.2. The van der Waals surface area contributed by atoms with E-state index in [0.29, 0.717) is 10.2 Å². The molecule has 0 unspecified atom stereocenters. The fraction of sp³-hybridized carbons (Fsp3) is 0.400. The number of aromatic nitrogens is 3. The van der Waals surface area contributed by atoms with Crippen LogP contribution in [0.15, 0.2) is 22.7 Å². The average Bonchev–Trinajstić information content (AvgIpc) is 2.93. The molecule has 1 fully saturated rings. The number of halogens is 2. The number of carbonyl (C=O) groups is 1. The number of nitrogens with one attached hydrogen (secondary N) is 2. The van der Waals surface area contributed by atoms with E-state index in [1.807, 2.05) is 6.92 Å². The second-order valence-electron chi connectivity index (χ2n) is 5.53. The van der Waals surface area contributed by atoms with Gasteiger partial charge in [0.25, 0.3) is 5.91 Å². The quantitative estimate of drug-likeness (QED) is 0.856. The first kappa shape index (κ1) is 16.1. The molecule has 2 heterocycles. The second-order valence-corrected chi connectivity index (χ2v) is 6.44. The van der Waals surface area contributed by atoms with Crippen LogP contribution in [0.3, 0.4) is 0 Å². The van der Waals surface area contributed by atoms with Crippen molar-refractivity contribution in [2.75, 3.05) is 18.4 Å². The summed E-state index contributed by atoms with van der Waals surface area (Å²) in [6.07, 6.45) is 1.90. The maximum atomic E-state index is 13.8. The lowest BCUT2D eigenvalue weighted by Gasteiger charge is -2.23. The predicted molar refractivity (Wildman–Crippen MR) is 88.0 cm³/mol. The molecule has 1 aliphatic heterocycles. The van der Waals surface area contributed by atoms with Gasteiger partial charge < -0.3 is 10.6 Å². The summed E-state index contributed by atoms with van der Waals surface area (Å²) in [6.45, 7) is 3.66. The Kier molecular flexibility index (Phi) is 4.72. The molecule has 3 rings (SSSR count). The number of piperidine rings is 1. The Labute approximate surface area is 141 Å². The number of rotatable bonds is 3. The smallest absolute Gasteiger partial charge is 0.278 e. The zero-order chi connectivity index (χ0) is 16.4. The summed E-state index contributed by atoms with van der Waals surface area (Å²) >= 11 is 3.26. The molecular weight excluding hydrogens is 365 g/mol. The lowest BCUT2D eigenvalue weighted by Crippen LogP contribution is -2.30. The molecule has 122 valence electrons. The maximum Gasteiger partial charge on any atom is 0.278 e. The van der Waals surface area contributed by atoms with Crippen LogP contribution in [0.4, 0.5) is 10.1 Å². The van der Waals surface area contributed by atoms with Crippen molar-refractivity contribution in [3.8, 4) is 0 Å².